The van der Waals surface area contributed by atoms with Crippen LogP contribution in [-0.4, -0.2) is 55.4 Å². The summed E-state index contributed by atoms with van der Waals surface area (Å²) in [7, 11) is -4.05. The smallest absolute Gasteiger partial charge is 0.271 e. The van der Waals surface area contributed by atoms with E-state index in [9.17, 15) is 28.1 Å². The quantitative estimate of drug-likeness (QED) is 0.206. The topological polar surface area (TPSA) is 130 Å². The van der Waals surface area contributed by atoms with E-state index in [1.807, 2.05) is 6.92 Å². The van der Waals surface area contributed by atoms with Crippen LogP contribution in [0, 0.1) is 17.0 Å². The summed E-state index contributed by atoms with van der Waals surface area (Å²) < 4.78 is 26.4. The van der Waals surface area contributed by atoms with Gasteiger partial charge in [-0.25, -0.2) is 8.42 Å². The lowest BCUT2D eigenvalue weighted by Gasteiger charge is -2.33. The number of nitro benzene ring substituents is 1. The summed E-state index contributed by atoms with van der Waals surface area (Å²) in [6.07, 6.45) is 2.79. The zero-order valence-corrected chi connectivity index (χ0v) is 24.1. The summed E-state index contributed by atoms with van der Waals surface area (Å²) >= 11 is 12.4. The first kappa shape index (κ1) is 31.3. The molecule has 0 radical (unpaired) electrons. The van der Waals surface area contributed by atoms with E-state index in [-0.39, 0.29) is 35.3 Å². The minimum absolute atomic E-state index is 0.0000267. The number of halogens is 2. The third-order valence-electron chi connectivity index (χ3n) is 5.92. The maximum atomic E-state index is 13.8. The molecule has 0 spiro atoms. The minimum atomic E-state index is -4.05. The monoisotopic (exact) mass is 586 g/mol. The Morgan fingerprint density at radius 3 is 2.37 bits per heavy atom. The molecule has 1 N–H and O–H groups in total. The molecule has 0 saturated heterocycles. The highest BCUT2D eigenvalue weighted by molar-refractivity contribution is 7.92. The van der Waals surface area contributed by atoms with E-state index in [1.54, 1.807) is 26.0 Å². The zero-order valence-electron chi connectivity index (χ0n) is 21.7. The second-order valence-corrected chi connectivity index (χ2v) is 11.6. The SMILES string of the molecule is CCCCNC(=O)C(CC)N(Cc1ccc(Cl)cc1Cl)C(=O)CN(c1cc([N+](=O)[O-])ccc1C)S(C)(=O)=O. The molecular weight excluding hydrogens is 555 g/mol. The number of hydrogen-bond acceptors (Lipinski definition) is 6. The van der Waals surface area contributed by atoms with Crippen molar-refractivity contribution in [3.63, 3.8) is 0 Å². The largest absolute Gasteiger partial charge is 0.354 e. The molecule has 0 aliphatic heterocycles. The van der Waals surface area contributed by atoms with Crippen molar-refractivity contribution in [1.29, 1.82) is 0 Å². The number of nitrogens with zero attached hydrogens (tertiary/aromatic N) is 3. The minimum Gasteiger partial charge on any atom is -0.354 e. The number of aryl methyl sites for hydroxylation is 1. The molecule has 0 bridgehead atoms. The van der Waals surface area contributed by atoms with Crippen LogP contribution >= 0.6 is 23.2 Å². The molecule has 0 aromatic heterocycles. The number of carbonyl (C=O) groups is 2. The fourth-order valence-electron chi connectivity index (χ4n) is 3.83. The molecule has 10 nitrogen and oxygen atoms in total. The second kappa shape index (κ2) is 13.8. The van der Waals surface area contributed by atoms with E-state index in [0.717, 1.165) is 29.5 Å². The van der Waals surface area contributed by atoms with E-state index in [0.29, 0.717) is 22.7 Å². The van der Waals surface area contributed by atoms with Crippen molar-refractivity contribution in [2.24, 2.45) is 0 Å². The van der Waals surface area contributed by atoms with Crippen LogP contribution in [0.3, 0.4) is 0 Å². The first-order valence-corrected chi connectivity index (χ1v) is 14.6. The number of nitrogens with one attached hydrogen (secondary N) is 1. The molecule has 2 aromatic carbocycles. The third kappa shape index (κ3) is 8.31. The van der Waals surface area contributed by atoms with E-state index in [1.165, 1.54) is 23.1 Å². The molecule has 2 aromatic rings. The molecule has 0 fully saturated rings. The van der Waals surface area contributed by atoms with Crippen molar-refractivity contribution in [2.75, 3.05) is 23.7 Å². The van der Waals surface area contributed by atoms with Gasteiger partial charge < -0.3 is 10.2 Å². The highest BCUT2D eigenvalue weighted by Crippen LogP contribution is 2.29. The Labute approximate surface area is 233 Å². The average molecular weight is 588 g/mol. The number of hydrogen-bond donors (Lipinski definition) is 1. The number of unbranched alkanes of at least 4 members (excludes halogenated alkanes) is 1. The number of carbonyl (C=O) groups excluding carboxylic acids is 2. The Kier molecular flexibility index (Phi) is 11.4. The van der Waals surface area contributed by atoms with Crippen LogP contribution in [0.2, 0.25) is 10.0 Å². The Hall–Kier alpha value is -2.89. The van der Waals surface area contributed by atoms with Crippen LogP contribution in [0.5, 0.6) is 0 Å². The van der Waals surface area contributed by atoms with Crippen molar-refractivity contribution < 1.29 is 22.9 Å². The van der Waals surface area contributed by atoms with Gasteiger partial charge in [-0.3, -0.25) is 24.0 Å². The van der Waals surface area contributed by atoms with Crippen LogP contribution in [0.4, 0.5) is 11.4 Å². The van der Waals surface area contributed by atoms with Gasteiger partial charge in [0, 0.05) is 35.3 Å². The Balaban J connectivity index is 2.53. The number of non-ortho nitro benzene ring substituents is 1. The number of rotatable bonds is 13. The Morgan fingerprint density at radius 2 is 1.82 bits per heavy atom. The molecule has 0 saturated carbocycles. The summed E-state index contributed by atoms with van der Waals surface area (Å²) in [5, 5.41) is 14.8. The molecule has 0 aliphatic carbocycles. The maximum absolute atomic E-state index is 13.8. The molecule has 208 valence electrons. The molecule has 13 heteroatoms. The Bertz CT molecular complexity index is 1290. The van der Waals surface area contributed by atoms with Gasteiger partial charge in [0.05, 0.1) is 16.9 Å². The lowest BCUT2D eigenvalue weighted by Crippen LogP contribution is -2.52. The number of anilines is 1. The van der Waals surface area contributed by atoms with Gasteiger partial charge in [-0.15, -0.1) is 0 Å². The van der Waals surface area contributed by atoms with Gasteiger partial charge in [0.2, 0.25) is 21.8 Å². The Morgan fingerprint density at radius 1 is 1.13 bits per heavy atom. The third-order valence-corrected chi connectivity index (χ3v) is 7.64. The van der Waals surface area contributed by atoms with Crippen LogP contribution < -0.4 is 9.62 Å². The summed E-state index contributed by atoms with van der Waals surface area (Å²) in [4.78, 5) is 38.8. The molecule has 2 rings (SSSR count). The zero-order chi connectivity index (χ0) is 28.6. The molecule has 38 heavy (non-hydrogen) atoms. The van der Waals surface area contributed by atoms with E-state index in [4.69, 9.17) is 23.2 Å². The summed E-state index contributed by atoms with van der Waals surface area (Å²) in [6, 6.07) is 7.60. The molecular formula is C25H32Cl2N4O6S. The molecule has 0 heterocycles. The summed E-state index contributed by atoms with van der Waals surface area (Å²) in [6.45, 7) is 4.98. The predicted molar refractivity (Wildman–Crippen MR) is 149 cm³/mol. The van der Waals surface area contributed by atoms with E-state index >= 15 is 0 Å². The fraction of sp³-hybridized carbons (Fsp3) is 0.440. The van der Waals surface area contributed by atoms with Gasteiger partial charge in [0.1, 0.15) is 12.6 Å². The highest BCUT2D eigenvalue weighted by Gasteiger charge is 2.32. The summed E-state index contributed by atoms with van der Waals surface area (Å²) in [5.74, 6) is -1.05. The lowest BCUT2D eigenvalue weighted by atomic mass is 10.1. The maximum Gasteiger partial charge on any atom is 0.271 e. The van der Waals surface area contributed by atoms with Gasteiger partial charge in [0.15, 0.2) is 0 Å². The first-order chi connectivity index (χ1) is 17.8. The van der Waals surface area contributed by atoms with E-state index < -0.39 is 33.4 Å². The summed E-state index contributed by atoms with van der Waals surface area (Å²) in [5.41, 5.74) is 0.616. The predicted octanol–water partition coefficient (Wildman–Crippen LogP) is 4.70. The number of benzene rings is 2. The van der Waals surface area contributed by atoms with Gasteiger partial charge in [-0.1, -0.05) is 55.6 Å². The van der Waals surface area contributed by atoms with Crippen LogP contribution in [-0.2, 0) is 26.2 Å². The second-order valence-electron chi connectivity index (χ2n) is 8.82. The molecule has 0 aliphatic rings. The van der Waals surface area contributed by atoms with Crippen LogP contribution in [0.15, 0.2) is 36.4 Å². The number of sulfonamides is 1. The van der Waals surface area contributed by atoms with Crippen molar-refractivity contribution in [2.45, 2.75) is 52.6 Å². The fourth-order valence-corrected chi connectivity index (χ4v) is 5.20. The highest BCUT2D eigenvalue weighted by atomic mass is 35.5. The van der Waals surface area contributed by atoms with Gasteiger partial charge >= 0.3 is 0 Å². The van der Waals surface area contributed by atoms with Crippen molar-refractivity contribution in [3.05, 3.63) is 67.7 Å². The molecule has 1 atom stereocenters. The molecule has 1 unspecified atom stereocenters. The van der Waals surface area contributed by atoms with Crippen molar-refractivity contribution >= 4 is 56.4 Å². The standard InChI is InChI=1S/C25H32Cl2N4O6S/c1-5-7-12-28-25(33)22(6-2)29(15-18-9-10-19(26)13-21(18)27)24(32)16-30(38(4,36)37)23-14-20(31(34)35)11-8-17(23)3/h8-11,13-14,22H,5-7,12,15-16H2,1-4H3,(H,28,33). The van der Waals surface area contributed by atoms with E-state index in [2.05, 4.69) is 5.32 Å². The molecule has 2 amide bonds. The van der Waals surface area contributed by atoms with Crippen LogP contribution in [0.1, 0.15) is 44.2 Å². The first-order valence-electron chi connectivity index (χ1n) is 12.0. The normalized spacial score (nSPS) is 12.1. The lowest BCUT2D eigenvalue weighted by molar-refractivity contribution is -0.384. The number of nitro groups is 1. The van der Waals surface area contributed by atoms with Crippen molar-refractivity contribution in [3.8, 4) is 0 Å². The van der Waals surface area contributed by atoms with Crippen LogP contribution in [0.25, 0.3) is 0 Å². The van der Waals surface area contributed by atoms with Crippen molar-refractivity contribution in [1.82, 2.24) is 10.2 Å². The van der Waals surface area contributed by atoms with Gasteiger partial charge in [-0.05, 0) is 43.0 Å². The number of amides is 2. The average Bonchev–Trinajstić information content (AvgIpc) is 2.83. The van der Waals surface area contributed by atoms with Gasteiger partial charge in [0.25, 0.3) is 5.69 Å². The van der Waals surface area contributed by atoms with Gasteiger partial charge in [-0.2, -0.15) is 0 Å².